The van der Waals surface area contributed by atoms with Gasteiger partial charge >= 0.3 is 29.4 Å². The summed E-state index contributed by atoms with van der Waals surface area (Å²) in [6.45, 7) is -4.77. The zero-order chi connectivity index (χ0) is 47.7. The zero-order valence-electron chi connectivity index (χ0n) is 31.9. The molecule has 0 aliphatic carbocycles. The summed E-state index contributed by atoms with van der Waals surface area (Å²) >= 11 is 0. The van der Waals surface area contributed by atoms with Crippen molar-refractivity contribution in [3.8, 4) is 0 Å². The number of phosphoric ester groups is 3. The minimum atomic E-state index is -5.85. The van der Waals surface area contributed by atoms with Gasteiger partial charge in [0.05, 0.1) is 38.5 Å². The highest BCUT2D eigenvalue weighted by molar-refractivity contribution is 7.46. The second-order valence-corrected chi connectivity index (χ2v) is 18.1. The van der Waals surface area contributed by atoms with Crippen LogP contribution in [0.2, 0.25) is 0 Å². The van der Waals surface area contributed by atoms with E-state index in [1.165, 1.54) is 0 Å². The number of aliphatic hydroxyl groups excluding tert-OH is 10. The van der Waals surface area contributed by atoms with Crippen LogP contribution in [-0.2, 0) is 65.2 Å². The minimum Gasteiger partial charge on any atom is -0.477 e. The third-order valence-electron chi connectivity index (χ3n) is 10.0. The number of aliphatic carboxylic acids is 1. The van der Waals surface area contributed by atoms with Gasteiger partial charge in [0, 0.05) is 6.42 Å². The molecule has 4 fully saturated rings. The summed E-state index contributed by atoms with van der Waals surface area (Å²) in [5.41, 5.74) is 11.5. The highest BCUT2D eigenvalue weighted by Gasteiger charge is 2.60. The monoisotopic (exact) mass is 992 g/mol. The number of carboxylic acid groups (broad SMARTS) is 1. The first-order valence-electron chi connectivity index (χ1n) is 18.1. The Labute approximate surface area is 352 Å². The van der Waals surface area contributed by atoms with Crippen molar-refractivity contribution in [2.45, 2.75) is 135 Å². The number of phosphoric acid groups is 3. The molecule has 370 valence electrons. The predicted molar refractivity (Wildman–Crippen MR) is 188 cm³/mol. The van der Waals surface area contributed by atoms with E-state index in [1.54, 1.807) is 0 Å². The van der Waals surface area contributed by atoms with Crippen LogP contribution in [0.1, 0.15) is 6.42 Å². The molecule has 0 radical (unpaired) electrons. The van der Waals surface area contributed by atoms with Crippen LogP contribution in [0, 0.1) is 0 Å². The average Bonchev–Trinajstić information content (AvgIpc) is 3.17. The average molecular weight is 993 g/mol. The Morgan fingerprint density at radius 2 is 1.21 bits per heavy atom. The number of ether oxygens (including phenoxy) is 7. The van der Waals surface area contributed by atoms with E-state index in [9.17, 15) is 104 Å². The number of carboxylic acids is 1. The fraction of sp³-hybridized carbons (Fsp3) is 0.963. The van der Waals surface area contributed by atoms with Crippen molar-refractivity contribution in [3.63, 3.8) is 0 Å². The fourth-order valence-electron chi connectivity index (χ4n) is 6.92. The maximum absolute atomic E-state index is 13.0. The number of aliphatic hydroxyl groups is 10. The molecule has 0 amide bonds. The smallest absolute Gasteiger partial charge is 0.470 e. The lowest BCUT2D eigenvalue weighted by molar-refractivity contribution is -0.371. The van der Waals surface area contributed by atoms with Crippen LogP contribution in [0.5, 0.6) is 0 Å². The normalized spacial score (nSPS) is 43.0. The molecule has 4 aliphatic heterocycles. The van der Waals surface area contributed by atoms with Crippen molar-refractivity contribution in [1.29, 1.82) is 0 Å². The van der Waals surface area contributed by atoms with Crippen LogP contribution in [0.25, 0.3) is 0 Å². The minimum absolute atomic E-state index is 0.805. The number of hydrogen-bond acceptors (Lipinski definition) is 26. The summed E-state index contributed by atoms with van der Waals surface area (Å²) in [5.74, 6) is -5.62. The second kappa shape index (κ2) is 21.6. The molecule has 0 aromatic heterocycles. The summed E-state index contributed by atoms with van der Waals surface area (Å²) < 4.78 is 87.7. The largest absolute Gasteiger partial charge is 0.477 e. The van der Waals surface area contributed by atoms with E-state index < -0.39 is 191 Å². The first kappa shape index (κ1) is 54.6. The van der Waals surface area contributed by atoms with Crippen molar-refractivity contribution in [3.05, 3.63) is 0 Å². The fourth-order valence-corrected chi connectivity index (χ4v) is 8.61. The highest BCUT2D eigenvalue weighted by atomic mass is 31.2. The summed E-state index contributed by atoms with van der Waals surface area (Å²) in [6.07, 6.45) is -40.7. The van der Waals surface area contributed by atoms with Crippen LogP contribution in [-0.4, -0.2) is 246 Å². The van der Waals surface area contributed by atoms with Crippen LogP contribution >= 0.6 is 23.5 Å². The van der Waals surface area contributed by atoms with Crippen molar-refractivity contribution in [2.24, 2.45) is 11.5 Å². The second-order valence-electron chi connectivity index (χ2n) is 14.5. The highest BCUT2D eigenvalue weighted by Crippen LogP contribution is 2.48. The molecule has 33 nitrogen and oxygen atoms in total. The van der Waals surface area contributed by atoms with E-state index in [-0.39, 0.29) is 0 Å². The van der Waals surface area contributed by atoms with Crippen molar-refractivity contribution in [2.75, 3.05) is 26.4 Å². The van der Waals surface area contributed by atoms with Crippen LogP contribution in [0.15, 0.2) is 0 Å². The molecule has 4 saturated heterocycles. The van der Waals surface area contributed by atoms with Gasteiger partial charge in [-0.2, -0.15) is 0 Å². The summed E-state index contributed by atoms with van der Waals surface area (Å²) in [7, 11) is -17.1. The number of nitrogens with two attached hydrogens (primary N) is 2. The third-order valence-corrected chi connectivity index (χ3v) is 11.6. The summed E-state index contributed by atoms with van der Waals surface area (Å²) in [4.78, 5) is 70.7. The van der Waals surface area contributed by atoms with Gasteiger partial charge in [-0.05, 0) is 0 Å². The lowest BCUT2D eigenvalue weighted by Gasteiger charge is -2.50. The van der Waals surface area contributed by atoms with E-state index in [2.05, 4.69) is 9.05 Å². The van der Waals surface area contributed by atoms with E-state index in [0.717, 1.165) is 0 Å². The van der Waals surface area contributed by atoms with E-state index >= 15 is 0 Å². The van der Waals surface area contributed by atoms with Crippen molar-refractivity contribution in [1.82, 2.24) is 0 Å². The number of hydrogen-bond donors (Lipinski definition) is 19. The van der Waals surface area contributed by atoms with Crippen LogP contribution in [0.3, 0.4) is 0 Å². The Kier molecular flexibility index (Phi) is 18.7. The van der Waals surface area contributed by atoms with Gasteiger partial charge in [0.15, 0.2) is 18.9 Å². The maximum atomic E-state index is 13.0. The quantitative estimate of drug-likeness (QED) is 0.0534. The Bertz CT molecular complexity index is 1660. The van der Waals surface area contributed by atoms with E-state index in [0.29, 0.717) is 0 Å². The van der Waals surface area contributed by atoms with Gasteiger partial charge < -0.3 is 130 Å². The lowest BCUT2D eigenvalue weighted by atomic mass is 9.91. The van der Waals surface area contributed by atoms with Crippen molar-refractivity contribution >= 4 is 29.4 Å². The van der Waals surface area contributed by atoms with Crippen LogP contribution < -0.4 is 11.5 Å². The molecule has 0 saturated carbocycles. The molecule has 0 aromatic rings. The lowest BCUT2D eigenvalue weighted by Crippen LogP contribution is -2.68. The Hall–Kier alpha value is -0.960. The molecule has 4 rings (SSSR count). The summed E-state index contributed by atoms with van der Waals surface area (Å²) in [6, 6.07) is -3.27. The molecule has 21 atom stereocenters. The molecule has 63 heavy (non-hydrogen) atoms. The molecular weight excluding hydrogens is 941 g/mol. The van der Waals surface area contributed by atoms with Gasteiger partial charge in [-0.15, -0.1) is 0 Å². The maximum Gasteiger partial charge on any atom is 0.470 e. The molecule has 0 aromatic carbocycles. The van der Waals surface area contributed by atoms with Gasteiger partial charge in [0.1, 0.15) is 91.6 Å². The zero-order valence-corrected chi connectivity index (χ0v) is 34.6. The first-order valence-corrected chi connectivity index (χ1v) is 22.7. The first-order chi connectivity index (χ1) is 28.9. The van der Waals surface area contributed by atoms with E-state index in [4.69, 9.17) is 49.1 Å². The Balaban J connectivity index is 1.68. The van der Waals surface area contributed by atoms with Gasteiger partial charge in [-0.1, -0.05) is 0 Å². The molecule has 36 heteroatoms. The topological polar surface area (TPSA) is 557 Å². The number of rotatable bonds is 19. The van der Waals surface area contributed by atoms with Crippen LogP contribution in [0.4, 0.5) is 0 Å². The molecule has 0 bridgehead atoms. The third kappa shape index (κ3) is 13.6. The molecule has 0 unspecified atom stereocenters. The molecule has 4 aliphatic rings. The standard InChI is InChI=1S/C27H51N2O31P3/c28-11-14(35)13(34)9(53-23(11)39)4-51-24-12(29)15(36)20(59-62(45,46)47)10(54-24)5-52-27(26(40)41)1-8(58-61(42,43)44)21(19(57-27)7(33)3-31)56-25-17(38)22(60-63(48,49)50)16(37)18(55-25)6(32)2-30/h6-25,30-39H,1-5,28-29H2,(H,40,41)(H2,42,43,44)(H2,45,46,47)(H2,48,49,50)/t6-,7+,8+,9+,10+,11+,12+,13+,14+,15+,16+,17-,18+,19+,20+,21+,22-,23-,24+,25+,27+/m0/s1. The molecule has 21 N–H and O–H groups in total. The molecular formula is C27H51N2O31P3. The molecule has 0 spiro atoms. The SMILES string of the molecule is N[C@@H]1[C@@H](O)[C@H](O)[C@@H](CO[C@@H]2O[C@H](CO[C@]3(C(=O)O)C[C@@H](OP(=O)(O)O)[C@@H](O[C@H]4O[C@H]([C@@H](O)CO)[C@@H](O)[C@H](OP(=O)(O)O)[C@@H]4O)[C@@H]([C@H](O)CO)O3)[C@@H](OP(=O)(O)O)[C@H](O)[C@H]2N)O[C@@H]1O. The van der Waals surface area contributed by atoms with Crippen molar-refractivity contribution < 1.29 is 151 Å². The Morgan fingerprint density at radius 1 is 0.651 bits per heavy atom. The van der Waals surface area contributed by atoms with Gasteiger partial charge in [0.25, 0.3) is 5.79 Å². The Morgan fingerprint density at radius 3 is 1.75 bits per heavy atom. The predicted octanol–water partition coefficient (Wildman–Crippen LogP) is -10.3. The van der Waals surface area contributed by atoms with Gasteiger partial charge in [0.2, 0.25) is 0 Å². The summed E-state index contributed by atoms with van der Waals surface area (Å²) in [5, 5.41) is 114. The van der Waals surface area contributed by atoms with Gasteiger partial charge in [-0.3, -0.25) is 13.6 Å². The van der Waals surface area contributed by atoms with Gasteiger partial charge in [-0.25, -0.2) is 18.5 Å². The molecule has 4 heterocycles. The number of carbonyl (C=O) groups is 1. The van der Waals surface area contributed by atoms with E-state index in [1.807, 2.05) is 0 Å².